The number of benzene rings is 2. The molecule has 0 atom stereocenters. The molecule has 8 nitrogen and oxygen atoms in total. The van der Waals surface area contributed by atoms with Crippen molar-refractivity contribution in [3.63, 3.8) is 0 Å². The summed E-state index contributed by atoms with van der Waals surface area (Å²) in [6, 6.07) is 16.2. The Morgan fingerprint density at radius 3 is 2.59 bits per heavy atom. The predicted molar refractivity (Wildman–Crippen MR) is 144 cm³/mol. The molecule has 0 fully saturated rings. The third-order valence-corrected chi connectivity index (χ3v) is 8.63. The molecule has 37 heavy (non-hydrogen) atoms. The summed E-state index contributed by atoms with van der Waals surface area (Å²) in [6.45, 7) is 1.77. The van der Waals surface area contributed by atoms with Gasteiger partial charge in [0.1, 0.15) is 12.3 Å². The van der Waals surface area contributed by atoms with Crippen molar-refractivity contribution >= 4 is 55.4 Å². The molecule has 3 heterocycles. The molecule has 0 unspecified atom stereocenters. The second-order valence-corrected chi connectivity index (χ2v) is 11.5. The van der Waals surface area contributed by atoms with Gasteiger partial charge in [-0.1, -0.05) is 17.7 Å². The number of aromatic nitrogens is 3. The number of anilines is 1. The molecule has 0 aliphatic heterocycles. The zero-order valence-electron chi connectivity index (χ0n) is 19.8. The standard InChI is InChI=1S/C26H21ClN4O4S2/c1-16-25-22(23-4-3-11-36-23)9-10-28-26(25)31(30-16)15-24(32)29-18-12-19(35-2)14-21(13-18)37(33,34)20-7-5-17(27)6-8-20/h3-14H,15H2,1-2H3,(H,29,32). The zero-order valence-corrected chi connectivity index (χ0v) is 22.2. The Hall–Kier alpha value is -3.73. The van der Waals surface area contributed by atoms with Gasteiger partial charge in [-0.15, -0.1) is 11.3 Å². The number of halogens is 1. The van der Waals surface area contributed by atoms with Crippen LogP contribution in [0.4, 0.5) is 5.69 Å². The molecule has 1 N–H and O–H groups in total. The highest BCUT2D eigenvalue weighted by Crippen LogP contribution is 2.33. The summed E-state index contributed by atoms with van der Waals surface area (Å²) in [5.41, 5.74) is 2.64. The topological polar surface area (TPSA) is 103 Å². The number of fused-ring (bicyclic) bond motifs is 1. The van der Waals surface area contributed by atoms with E-state index in [0.717, 1.165) is 21.5 Å². The Balaban J connectivity index is 1.44. The molecule has 3 aromatic heterocycles. The van der Waals surface area contributed by atoms with Gasteiger partial charge in [-0.3, -0.25) is 4.79 Å². The Bertz CT molecular complexity index is 1710. The van der Waals surface area contributed by atoms with Crippen LogP contribution < -0.4 is 10.1 Å². The molecule has 5 rings (SSSR count). The van der Waals surface area contributed by atoms with Crippen LogP contribution in [0.25, 0.3) is 21.5 Å². The van der Waals surface area contributed by atoms with Gasteiger partial charge >= 0.3 is 0 Å². The van der Waals surface area contributed by atoms with Gasteiger partial charge in [-0.05, 0) is 60.8 Å². The molecule has 0 bridgehead atoms. The van der Waals surface area contributed by atoms with Crippen molar-refractivity contribution in [2.24, 2.45) is 0 Å². The SMILES string of the molecule is COc1cc(NC(=O)Cn2nc(C)c3c(-c4cccs4)ccnc32)cc(S(=O)(=O)c2ccc(Cl)cc2)c1. The maximum Gasteiger partial charge on any atom is 0.246 e. The lowest BCUT2D eigenvalue weighted by Crippen LogP contribution is -2.20. The van der Waals surface area contributed by atoms with Crippen molar-refractivity contribution in [1.29, 1.82) is 0 Å². The van der Waals surface area contributed by atoms with Crippen LogP contribution in [0.1, 0.15) is 5.69 Å². The molecule has 0 radical (unpaired) electrons. The third kappa shape index (κ3) is 4.95. The number of nitrogens with one attached hydrogen (secondary N) is 1. The lowest BCUT2D eigenvalue weighted by molar-refractivity contribution is -0.116. The number of pyridine rings is 1. The van der Waals surface area contributed by atoms with Gasteiger partial charge in [0, 0.05) is 33.4 Å². The smallest absolute Gasteiger partial charge is 0.246 e. The quantitative estimate of drug-likeness (QED) is 0.282. The van der Waals surface area contributed by atoms with Crippen molar-refractivity contribution in [1.82, 2.24) is 14.8 Å². The number of sulfone groups is 1. The van der Waals surface area contributed by atoms with Crippen LogP contribution in [0.15, 0.2) is 82.0 Å². The monoisotopic (exact) mass is 552 g/mol. The first-order valence-electron chi connectivity index (χ1n) is 11.1. The first kappa shape index (κ1) is 24.9. The van der Waals surface area contributed by atoms with E-state index in [1.165, 1.54) is 43.5 Å². The molecule has 1 amide bonds. The second kappa shape index (κ2) is 9.97. The van der Waals surface area contributed by atoms with Crippen LogP contribution in [0, 0.1) is 6.92 Å². The van der Waals surface area contributed by atoms with Crippen molar-refractivity contribution in [2.75, 3.05) is 12.4 Å². The predicted octanol–water partition coefficient (Wildman–Crippen LogP) is 5.60. The van der Waals surface area contributed by atoms with Gasteiger partial charge in [-0.25, -0.2) is 18.1 Å². The fourth-order valence-corrected chi connectivity index (χ4v) is 6.24. The third-order valence-electron chi connectivity index (χ3n) is 5.72. The maximum atomic E-state index is 13.2. The van der Waals surface area contributed by atoms with E-state index in [0.29, 0.717) is 10.7 Å². The number of hydrogen-bond acceptors (Lipinski definition) is 7. The number of thiophene rings is 1. The van der Waals surface area contributed by atoms with E-state index >= 15 is 0 Å². The van der Waals surface area contributed by atoms with Gasteiger partial charge in [0.25, 0.3) is 0 Å². The van der Waals surface area contributed by atoms with E-state index in [2.05, 4.69) is 15.4 Å². The van der Waals surface area contributed by atoms with Gasteiger partial charge in [0.05, 0.1) is 28.0 Å². The van der Waals surface area contributed by atoms with Crippen LogP contribution in [0.2, 0.25) is 5.02 Å². The first-order chi connectivity index (χ1) is 17.8. The van der Waals surface area contributed by atoms with Gasteiger partial charge in [0.15, 0.2) is 5.65 Å². The van der Waals surface area contributed by atoms with Crippen LogP contribution in [0.5, 0.6) is 5.75 Å². The fourth-order valence-electron chi connectivity index (χ4n) is 4.03. The highest BCUT2D eigenvalue weighted by Gasteiger charge is 2.21. The molecular weight excluding hydrogens is 532 g/mol. The number of ether oxygens (including phenoxy) is 1. The molecule has 0 saturated carbocycles. The molecule has 0 spiro atoms. The number of hydrogen-bond donors (Lipinski definition) is 1. The molecule has 0 aliphatic rings. The Morgan fingerprint density at radius 1 is 1.11 bits per heavy atom. The van der Waals surface area contributed by atoms with E-state index < -0.39 is 15.7 Å². The number of aryl methyl sites for hydroxylation is 1. The fraction of sp³-hybridized carbons (Fsp3) is 0.115. The minimum atomic E-state index is -3.87. The molecule has 11 heteroatoms. The van der Waals surface area contributed by atoms with E-state index in [9.17, 15) is 13.2 Å². The minimum Gasteiger partial charge on any atom is -0.497 e. The summed E-state index contributed by atoms with van der Waals surface area (Å²) in [4.78, 5) is 18.6. The van der Waals surface area contributed by atoms with Gasteiger partial charge < -0.3 is 10.1 Å². The number of carbonyl (C=O) groups excluding carboxylic acids is 1. The number of rotatable bonds is 7. The average molecular weight is 553 g/mol. The summed E-state index contributed by atoms with van der Waals surface area (Å²) in [7, 11) is -2.45. The van der Waals surface area contributed by atoms with Crippen LogP contribution >= 0.6 is 22.9 Å². The molecule has 0 saturated heterocycles. The Kier molecular flexibility index (Phi) is 6.72. The van der Waals surface area contributed by atoms with Crippen molar-refractivity contribution in [3.8, 4) is 16.2 Å². The van der Waals surface area contributed by atoms with Gasteiger partial charge in [-0.2, -0.15) is 5.10 Å². The summed E-state index contributed by atoms with van der Waals surface area (Å²) in [5.74, 6) is -0.108. The highest BCUT2D eigenvalue weighted by atomic mass is 35.5. The first-order valence-corrected chi connectivity index (χ1v) is 13.9. The van der Waals surface area contributed by atoms with Gasteiger partial charge in [0.2, 0.25) is 15.7 Å². The number of nitrogens with zero attached hydrogens (tertiary/aromatic N) is 3. The summed E-state index contributed by atoms with van der Waals surface area (Å²) < 4.78 is 33.2. The Labute approximate surface area is 222 Å². The Morgan fingerprint density at radius 2 is 1.89 bits per heavy atom. The van der Waals surface area contributed by atoms with Crippen LogP contribution in [-0.4, -0.2) is 36.2 Å². The second-order valence-electron chi connectivity index (χ2n) is 8.18. The van der Waals surface area contributed by atoms with Crippen LogP contribution in [-0.2, 0) is 21.2 Å². The molecule has 0 aliphatic carbocycles. The van der Waals surface area contributed by atoms with E-state index in [1.807, 2.05) is 30.5 Å². The summed E-state index contributed by atoms with van der Waals surface area (Å²) in [6.07, 6.45) is 1.70. The van der Waals surface area contributed by atoms with Crippen LogP contribution in [0.3, 0.4) is 0 Å². The molecule has 5 aromatic rings. The number of methoxy groups -OCH3 is 1. The van der Waals surface area contributed by atoms with E-state index in [-0.39, 0.29) is 27.8 Å². The lowest BCUT2D eigenvalue weighted by atomic mass is 10.1. The number of amides is 1. The zero-order chi connectivity index (χ0) is 26.2. The normalized spacial score (nSPS) is 11.5. The largest absolute Gasteiger partial charge is 0.497 e. The number of carbonyl (C=O) groups is 1. The van der Waals surface area contributed by atoms with Crippen molar-refractivity contribution in [3.05, 3.63) is 83.0 Å². The minimum absolute atomic E-state index is 0.0212. The highest BCUT2D eigenvalue weighted by molar-refractivity contribution is 7.91. The summed E-state index contributed by atoms with van der Waals surface area (Å²) in [5, 5.41) is 10.6. The average Bonchev–Trinajstić information content (AvgIpc) is 3.53. The maximum absolute atomic E-state index is 13.2. The molecule has 188 valence electrons. The molecule has 2 aromatic carbocycles. The lowest BCUT2D eigenvalue weighted by Gasteiger charge is -2.12. The molecular formula is C26H21ClN4O4S2. The van der Waals surface area contributed by atoms with Crippen molar-refractivity contribution in [2.45, 2.75) is 23.3 Å². The summed E-state index contributed by atoms with van der Waals surface area (Å²) >= 11 is 7.52. The van der Waals surface area contributed by atoms with E-state index in [4.69, 9.17) is 16.3 Å². The van der Waals surface area contributed by atoms with E-state index in [1.54, 1.807) is 28.3 Å². The van der Waals surface area contributed by atoms with Crippen molar-refractivity contribution < 1.29 is 17.9 Å².